The van der Waals surface area contributed by atoms with Gasteiger partial charge < -0.3 is 15.6 Å². The first-order chi connectivity index (χ1) is 9.02. The van der Waals surface area contributed by atoms with E-state index in [0.29, 0.717) is 11.8 Å². The zero-order valence-electron chi connectivity index (χ0n) is 11.0. The molecule has 0 aromatic rings. The molecule has 4 fully saturated rings. The Morgan fingerprint density at radius 3 is 2.11 bits per heavy atom. The zero-order chi connectivity index (χ0) is 13.6. The van der Waals surface area contributed by atoms with Crippen LogP contribution in [0.4, 0.5) is 0 Å². The molecule has 4 rings (SSSR count). The lowest BCUT2D eigenvalue weighted by Gasteiger charge is -2.53. The van der Waals surface area contributed by atoms with Crippen molar-refractivity contribution >= 4 is 11.9 Å². The van der Waals surface area contributed by atoms with Gasteiger partial charge in [-0.3, -0.25) is 9.59 Å². The molecule has 0 radical (unpaired) electrons. The summed E-state index contributed by atoms with van der Waals surface area (Å²) in [6.45, 7) is 0. The molecule has 0 saturated heterocycles. The number of hydrogen-bond donors (Lipinski definition) is 2. The van der Waals surface area contributed by atoms with E-state index in [1.165, 1.54) is 32.1 Å². The molecule has 4 bridgehead atoms. The Morgan fingerprint density at radius 1 is 1.11 bits per heavy atom. The van der Waals surface area contributed by atoms with Crippen molar-refractivity contribution in [3.63, 3.8) is 0 Å². The van der Waals surface area contributed by atoms with E-state index in [1.54, 1.807) is 0 Å². The van der Waals surface area contributed by atoms with Crippen LogP contribution in [-0.2, 0) is 14.3 Å². The first kappa shape index (κ1) is 12.9. The van der Waals surface area contributed by atoms with Crippen LogP contribution in [0.25, 0.3) is 0 Å². The van der Waals surface area contributed by atoms with Gasteiger partial charge in [-0.1, -0.05) is 0 Å². The quantitative estimate of drug-likeness (QED) is 0.746. The second kappa shape index (κ2) is 4.78. The highest BCUT2D eigenvalue weighted by molar-refractivity contribution is 5.81. The van der Waals surface area contributed by atoms with Gasteiger partial charge in [0.2, 0.25) is 0 Å². The number of ether oxygens (including phenoxy) is 1. The predicted octanol–water partition coefficient (Wildman–Crippen LogP) is 1.16. The standard InChI is InChI=1S/C14H21NO4/c15-11(14(17)18)6-12(16)19-13-9-2-7-1-8(4-9)5-10(13)3-7/h7-11,13H,1-6,15H2,(H,17,18)/t7?,8?,9?,10?,11-,13?/m1/s1. The molecule has 1 atom stereocenters. The number of carbonyl (C=O) groups excluding carboxylic acids is 1. The third-order valence-electron chi connectivity index (χ3n) is 5.11. The molecule has 4 aliphatic carbocycles. The lowest BCUT2D eigenvalue weighted by Crippen LogP contribution is -2.50. The van der Waals surface area contributed by atoms with Crippen LogP contribution >= 0.6 is 0 Å². The van der Waals surface area contributed by atoms with Crippen LogP contribution in [0.2, 0.25) is 0 Å². The van der Waals surface area contributed by atoms with E-state index in [2.05, 4.69) is 0 Å². The summed E-state index contributed by atoms with van der Waals surface area (Å²) in [5.74, 6) is 1.06. The molecule has 0 aliphatic heterocycles. The monoisotopic (exact) mass is 267 g/mol. The van der Waals surface area contributed by atoms with Gasteiger partial charge in [-0.05, 0) is 55.8 Å². The third kappa shape index (κ3) is 2.48. The van der Waals surface area contributed by atoms with E-state index in [-0.39, 0.29) is 12.5 Å². The summed E-state index contributed by atoms with van der Waals surface area (Å²) in [6, 6.07) is -1.15. The number of hydrogen-bond acceptors (Lipinski definition) is 4. The maximum absolute atomic E-state index is 11.8. The van der Waals surface area contributed by atoms with E-state index >= 15 is 0 Å². The molecule has 0 aromatic heterocycles. The molecule has 19 heavy (non-hydrogen) atoms. The van der Waals surface area contributed by atoms with E-state index in [0.717, 1.165) is 11.8 Å². The van der Waals surface area contributed by atoms with Gasteiger partial charge in [-0.15, -0.1) is 0 Å². The van der Waals surface area contributed by atoms with Crippen molar-refractivity contribution in [1.82, 2.24) is 0 Å². The van der Waals surface area contributed by atoms with Gasteiger partial charge in [0.15, 0.2) is 0 Å². The first-order valence-electron chi connectivity index (χ1n) is 7.20. The van der Waals surface area contributed by atoms with E-state index < -0.39 is 18.0 Å². The molecule has 0 amide bonds. The van der Waals surface area contributed by atoms with Gasteiger partial charge in [0.25, 0.3) is 0 Å². The molecule has 0 spiro atoms. The molecular formula is C14H21NO4. The molecule has 4 aliphatic rings. The number of carbonyl (C=O) groups is 2. The van der Waals surface area contributed by atoms with E-state index in [9.17, 15) is 9.59 Å². The summed E-state index contributed by atoms with van der Waals surface area (Å²) in [5.41, 5.74) is 5.37. The highest BCUT2D eigenvalue weighted by Crippen LogP contribution is 2.54. The van der Waals surface area contributed by atoms with Gasteiger partial charge >= 0.3 is 11.9 Å². The number of nitrogens with two attached hydrogens (primary N) is 1. The molecule has 3 N–H and O–H groups in total. The average Bonchev–Trinajstić information content (AvgIpc) is 2.32. The highest BCUT2D eigenvalue weighted by atomic mass is 16.5. The Balaban J connectivity index is 1.58. The van der Waals surface area contributed by atoms with Gasteiger partial charge in [0.1, 0.15) is 12.1 Å². The topological polar surface area (TPSA) is 89.6 Å². The average molecular weight is 267 g/mol. The van der Waals surface area contributed by atoms with Crippen molar-refractivity contribution in [2.45, 2.75) is 50.7 Å². The second-order valence-electron chi connectivity index (χ2n) is 6.53. The minimum atomic E-state index is -1.15. The van der Waals surface area contributed by atoms with Crippen molar-refractivity contribution in [3.05, 3.63) is 0 Å². The number of carboxylic acid groups (broad SMARTS) is 1. The Hall–Kier alpha value is -1.10. The Labute approximate surface area is 112 Å². The summed E-state index contributed by atoms with van der Waals surface area (Å²) < 4.78 is 5.57. The molecule has 5 heteroatoms. The maximum Gasteiger partial charge on any atom is 0.321 e. The molecule has 106 valence electrons. The minimum Gasteiger partial charge on any atom is -0.480 e. The summed E-state index contributed by atoms with van der Waals surface area (Å²) in [5, 5.41) is 8.71. The van der Waals surface area contributed by atoms with Crippen LogP contribution in [0, 0.1) is 23.7 Å². The summed E-state index contributed by atoms with van der Waals surface area (Å²) in [6.07, 6.45) is 5.86. The SMILES string of the molecule is N[C@H](CC(=O)OC1C2CC3CC(C2)CC1C3)C(=O)O. The van der Waals surface area contributed by atoms with Crippen molar-refractivity contribution in [3.8, 4) is 0 Å². The fraction of sp³-hybridized carbons (Fsp3) is 0.857. The third-order valence-corrected chi connectivity index (χ3v) is 5.11. The lowest BCUT2D eigenvalue weighted by atomic mass is 9.55. The van der Waals surface area contributed by atoms with Crippen LogP contribution < -0.4 is 5.73 Å². The molecule has 0 heterocycles. The minimum absolute atomic E-state index is 0.0151. The van der Waals surface area contributed by atoms with Crippen LogP contribution in [-0.4, -0.2) is 29.2 Å². The van der Waals surface area contributed by atoms with E-state index in [4.69, 9.17) is 15.6 Å². The largest absolute Gasteiger partial charge is 0.480 e. The highest BCUT2D eigenvalue weighted by Gasteiger charge is 2.49. The van der Waals surface area contributed by atoms with Crippen molar-refractivity contribution in [2.24, 2.45) is 29.4 Å². The van der Waals surface area contributed by atoms with Crippen LogP contribution in [0.3, 0.4) is 0 Å². The van der Waals surface area contributed by atoms with Gasteiger partial charge in [0, 0.05) is 0 Å². The summed E-state index contributed by atoms with van der Waals surface area (Å²) >= 11 is 0. The molecule has 0 unspecified atom stereocenters. The summed E-state index contributed by atoms with van der Waals surface area (Å²) in [7, 11) is 0. The first-order valence-corrected chi connectivity index (χ1v) is 7.20. The normalized spacial score (nSPS) is 41.0. The van der Waals surface area contributed by atoms with Crippen molar-refractivity contribution in [1.29, 1.82) is 0 Å². The fourth-order valence-electron chi connectivity index (χ4n) is 4.53. The lowest BCUT2D eigenvalue weighted by molar-refractivity contribution is -0.172. The molecule has 4 saturated carbocycles. The second-order valence-corrected chi connectivity index (χ2v) is 6.53. The van der Waals surface area contributed by atoms with Gasteiger partial charge in [0.05, 0.1) is 6.42 Å². The van der Waals surface area contributed by atoms with Crippen molar-refractivity contribution in [2.75, 3.05) is 0 Å². The fourth-order valence-corrected chi connectivity index (χ4v) is 4.53. The Kier molecular flexibility index (Phi) is 3.25. The Morgan fingerprint density at radius 2 is 1.63 bits per heavy atom. The number of esters is 1. The Bertz CT molecular complexity index is 367. The van der Waals surface area contributed by atoms with Gasteiger partial charge in [-0.25, -0.2) is 0 Å². The van der Waals surface area contributed by atoms with Crippen molar-refractivity contribution < 1.29 is 19.4 Å². The van der Waals surface area contributed by atoms with Crippen LogP contribution in [0.15, 0.2) is 0 Å². The predicted molar refractivity (Wildman–Crippen MR) is 67.2 cm³/mol. The van der Waals surface area contributed by atoms with Crippen LogP contribution in [0.1, 0.15) is 38.5 Å². The number of aliphatic carboxylic acids is 1. The van der Waals surface area contributed by atoms with Crippen LogP contribution in [0.5, 0.6) is 0 Å². The summed E-state index contributed by atoms with van der Waals surface area (Å²) in [4.78, 5) is 22.4. The molecular weight excluding hydrogens is 246 g/mol. The molecule has 5 nitrogen and oxygen atoms in total. The molecule has 0 aromatic carbocycles. The smallest absolute Gasteiger partial charge is 0.321 e. The number of carboxylic acids is 1. The van der Waals surface area contributed by atoms with Gasteiger partial charge in [-0.2, -0.15) is 0 Å². The zero-order valence-corrected chi connectivity index (χ0v) is 11.0. The van der Waals surface area contributed by atoms with E-state index in [1.807, 2.05) is 0 Å². The maximum atomic E-state index is 11.8. The number of rotatable bonds is 4.